The first-order chi connectivity index (χ1) is 15.3. The van der Waals surface area contributed by atoms with Crippen molar-refractivity contribution in [3.8, 4) is 11.4 Å². The topological polar surface area (TPSA) is 85.2 Å². The van der Waals surface area contributed by atoms with Crippen molar-refractivity contribution < 1.29 is 9.53 Å². The Morgan fingerprint density at radius 1 is 1.03 bits per heavy atom. The average molecular weight is 421 g/mol. The minimum Gasteiger partial charge on any atom is -0.379 e. The van der Waals surface area contributed by atoms with Gasteiger partial charge in [-0.3, -0.25) is 9.69 Å². The molecule has 1 unspecified atom stereocenters. The van der Waals surface area contributed by atoms with Gasteiger partial charge >= 0.3 is 0 Å². The highest BCUT2D eigenvalue weighted by atomic mass is 16.5. The number of morpholine rings is 1. The molecule has 2 heterocycles. The number of hydrogen-bond donors (Lipinski definition) is 1. The van der Waals surface area contributed by atoms with Crippen LogP contribution < -0.4 is 5.32 Å². The second-order valence-corrected chi connectivity index (χ2v) is 7.56. The second kappa shape index (κ2) is 10.8. The molecule has 0 saturated carbocycles. The van der Waals surface area contributed by atoms with Gasteiger partial charge in [0, 0.05) is 31.6 Å². The highest BCUT2D eigenvalue weighted by Crippen LogP contribution is 2.21. The van der Waals surface area contributed by atoms with E-state index in [0.717, 1.165) is 31.9 Å². The van der Waals surface area contributed by atoms with E-state index in [-0.39, 0.29) is 11.9 Å². The highest BCUT2D eigenvalue weighted by molar-refractivity contribution is 5.75. The largest absolute Gasteiger partial charge is 0.379 e. The number of hydrogen-bond acceptors (Lipinski definition) is 6. The van der Waals surface area contributed by atoms with E-state index in [4.69, 9.17) is 4.74 Å². The zero-order valence-corrected chi connectivity index (χ0v) is 17.6. The Kier molecular flexibility index (Phi) is 7.36. The number of benzene rings is 2. The molecule has 1 atom stereocenters. The summed E-state index contributed by atoms with van der Waals surface area (Å²) in [5.41, 5.74) is 2.14. The predicted molar refractivity (Wildman–Crippen MR) is 117 cm³/mol. The van der Waals surface area contributed by atoms with E-state index >= 15 is 0 Å². The summed E-state index contributed by atoms with van der Waals surface area (Å²) in [6, 6.07) is 20.2. The third-order valence-corrected chi connectivity index (χ3v) is 5.41. The second-order valence-electron chi connectivity index (χ2n) is 7.56. The highest BCUT2D eigenvalue weighted by Gasteiger charge is 2.23. The average Bonchev–Trinajstić information content (AvgIpc) is 3.30. The molecule has 1 fully saturated rings. The third-order valence-electron chi connectivity index (χ3n) is 5.41. The van der Waals surface area contributed by atoms with Crippen LogP contribution in [0.5, 0.6) is 0 Å². The number of amides is 1. The van der Waals surface area contributed by atoms with Crippen LogP contribution in [0.4, 0.5) is 0 Å². The molecule has 0 spiro atoms. The van der Waals surface area contributed by atoms with Crippen molar-refractivity contribution in [1.29, 1.82) is 0 Å². The quantitative estimate of drug-likeness (QED) is 0.572. The Labute approximate surface area is 182 Å². The third kappa shape index (κ3) is 5.96. The summed E-state index contributed by atoms with van der Waals surface area (Å²) in [4.78, 5) is 16.4. The van der Waals surface area contributed by atoms with Gasteiger partial charge in [0.15, 0.2) is 0 Å². The lowest BCUT2D eigenvalue weighted by molar-refractivity contribution is -0.121. The summed E-state index contributed by atoms with van der Waals surface area (Å²) in [6.07, 6.45) is 1.08. The maximum absolute atomic E-state index is 12.5. The maximum atomic E-state index is 12.5. The predicted octanol–water partition coefficient (Wildman–Crippen LogP) is 2.31. The van der Waals surface area contributed by atoms with Crippen molar-refractivity contribution in [1.82, 2.24) is 30.4 Å². The fourth-order valence-corrected chi connectivity index (χ4v) is 3.74. The van der Waals surface area contributed by atoms with Crippen LogP contribution in [0.3, 0.4) is 0 Å². The van der Waals surface area contributed by atoms with Crippen LogP contribution in [0.1, 0.15) is 24.4 Å². The van der Waals surface area contributed by atoms with Crippen molar-refractivity contribution >= 4 is 5.91 Å². The maximum Gasteiger partial charge on any atom is 0.220 e. The molecule has 1 amide bonds. The van der Waals surface area contributed by atoms with Gasteiger partial charge < -0.3 is 10.1 Å². The number of carbonyl (C=O) groups excluding carboxylic acids is 1. The van der Waals surface area contributed by atoms with Crippen LogP contribution in [-0.2, 0) is 16.1 Å². The molecule has 1 saturated heterocycles. The lowest BCUT2D eigenvalue weighted by Gasteiger charge is -2.35. The van der Waals surface area contributed by atoms with E-state index in [1.54, 1.807) is 4.80 Å². The van der Waals surface area contributed by atoms with Gasteiger partial charge in [-0.2, -0.15) is 4.80 Å². The Morgan fingerprint density at radius 3 is 2.48 bits per heavy atom. The minimum atomic E-state index is 0.0394. The van der Waals surface area contributed by atoms with Crippen LogP contribution in [0.2, 0.25) is 0 Å². The van der Waals surface area contributed by atoms with Crippen molar-refractivity contribution in [2.24, 2.45) is 0 Å². The van der Waals surface area contributed by atoms with Gasteiger partial charge in [-0.1, -0.05) is 60.7 Å². The van der Waals surface area contributed by atoms with Crippen LogP contribution in [0.25, 0.3) is 11.4 Å². The molecule has 1 aliphatic rings. The molecular weight excluding hydrogens is 392 g/mol. The number of aromatic nitrogens is 4. The van der Waals surface area contributed by atoms with Crippen molar-refractivity contribution in [2.75, 3.05) is 32.8 Å². The summed E-state index contributed by atoms with van der Waals surface area (Å²) >= 11 is 0. The molecule has 1 N–H and O–H groups in total. The van der Waals surface area contributed by atoms with Crippen molar-refractivity contribution in [3.05, 3.63) is 66.2 Å². The number of aryl methyl sites for hydroxylation is 1. The van der Waals surface area contributed by atoms with Crippen molar-refractivity contribution in [2.45, 2.75) is 25.4 Å². The zero-order chi connectivity index (χ0) is 21.3. The van der Waals surface area contributed by atoms with E-state index in [9.17, 15) is 4.79 Å². The Hall–Kier alpha value is -3.10. The van der Waals surface area contributed by atoms with Gasteiger partial charge in [0.25, 0.3) is 0 Å². The van der Waals surface area contributed by atoms with Gasteiger partial charge in [-0.05, 0) is 17.2 Å². The number of nitrogens with zero attached hydrogens (tertiary/aromatic N) is 5. The van der Waals surface area contributed by atoms with E-state index < -0.39 is 0 Å². The van der Waals surface area contributed by atoms with E-state index in [1.165, 1.54) is 5.56 Å². The zero-order valence-electron chi connectivity index (χ0n) is 17.6. The number of tetrazole rings is 1. The number of carbonyl (C=O) groups is 1. The molecule has 8 heteroatoms. The van der Waals surface area contributed by atoms with Crippen molar-refractivity contribution in [3.63, 3.8) is 0 Å². The molecule has 1 aromatic heterocycles. The molecule has 1 aliphatic heterocycles. The first-order valence-corrected chi connectivity index (χ1v) is 10.8. The number of rotatable bonds is 9. The first kappa shape index (κ1) is 21.1. The smallest absolute Gasteiger partial charge is 0.220 e. The molecule has 8 nitrogen and oxygen atoms in total. The van der Waals surface area contributed by atoms with Crippen LogP contribution in [-0.4, -0.2) is 63.9 Å². The lowest BCUT2D eigenvalue weighted by Crippen LogP contribution is -2.43. The van der Waals surface area contributed by atoms with Gasteiger partial charge in [-0.15, -0.1) is 10.2 Å². The van der Waals surface area contributed by atoms with Gasteiger partial charge in [0.05, 0.1) is 25.8 Å². The normalized spacial score (nSPS) is 15.5. The van der Waals surface area contributed by atoms with Crippen LogP contribution in [0.15, 0.2) is 60.7 Å². The van der Waals surface area contributed by atoms with E-state index in [0.29, 0.717) is 31.8 Å². The monoisotopic (exact) mass is 420 g/mol. The molecular formula is C23H28N6O2. The summed E-state index contributed by atoms with van der Waals surface area (Å²) in [5.74, 6) is 0.638. The van der Waals surface area contributed by atoms with Gasteiger partial charge in [0.1, 0.15) is 0 Å². The minimum absolute atomic E-state index is 0.0394. The summed E-state index contributed by atoms with van der Waals surface area (Å²) in [6.45, 7) is 4.34. The number of nitrogens with one attached hydrogen (secondary N) is 1. The number of ether oxygens (including phenoxy) is 1. The summed E-state index contributed by atoms with van der Waals surface area (Å²) < 4.78 is 5.49. The molecule has 162 valence electrons. The van der Waals surface area contributed by atoms with E-state index in [2.05, 4.69) is 37.8 Å². The van der Waals surface area contributed by atoms with Crippen LogP contribution >= 0.6 is 0 Å². The molecule has 0 radical (unpaired) electrons. The van der Waals surface area contributed by atoms with Gasteiger partial charge in [-0.25, -0.2) is 0 Å². The molecule has 0 aliphatic carbocycles. The Balaban J connectivity index is 1.25. The lowest BCUT2D eigenvalue weighted by atomic mass is 10.0. The Bertz CT molecular complexity index is 941. The van der Waals surface area contributed by atoms with E-state index in [1.807, 2.05) is 48.5 Å². The standard InChI is InChI=1S/C23H28N6O2/c30-22(12-7-13-29-26-23(25-27-29)20-10-5-2-6-11-20)24-18-21(19-8-3-1-4-9-19)28-14-16-31-17-15-28/h1-6,8-11,21H,7,12-18H2,(H,24,30). The molecule has 2 aromatic carbocycles. The summed E-state index contributed by atoms with van der Waals surface area (Å²) in [7, 11) is 0. The fraction of sp³-hybridized carbons (Fsp3) is 0.391. The van der Waals surface area contributed by atoms with Crippen LogP contribution in [0, 0.1) is 0 Å². The van der Waals surface area contributed by atoms with Gasteiger partial charge in [0.2, 0.25) is 11.7 Å². The molecule has 0 bridgehead atoms. The fourth-order valence-electron chi connectivity index (χ4n) is 3.74. The molecule has 31 heavy (non-hydrogen) atoms. The first-order valence-electron chi connectivity index (χ1n) is 10.8. The summed E-state index contributed by atoms with van der Waals surface area (Å²) in [5, 5.41) is 15.7. The Morgan fingerprint density at radius 2 is 1.74 bits per heavy atom. The SMILES string of the molecule is O=C(CCCn1nnc(-c2ccccc2)n1)NCC(c1ccccc1)N1CCOCC1. The molecule has 4 rings (SSSR count). The molecule has 3 aromatic rings.